The van der Waals surface area contributed by atoms with Crippen molar-refractivity contribution in [3.8, 4) is 0 Å². The number of nitrogens with zero attached hydrogens (tertiary/aromatic N) is 2. The van der Waals surface area contributed by atoms with Gasteiger partial charge in [0.1, 0.15) is 0 Å². The first-order valence-corrected chi connectivity index (χ1v) is 8.73. The normalized spacial score (nSPS) is 27.8. The molecule has 2 rings (SSSR count). The smallest absolute Gasteiger partial charge is 0.305 e. The van der Waals surface area contributed by atoms with Crippen molar-refractivity contribution in [2.24, 2.45) is 16.9 Å². The van der Waals surface area contributed by atoms with Crippen LogP contribution in [-0.2, 0) is 19.0 Å². The van der Waals surface area contributed by atoms with Gasteiger partial charge in [0, 0.05) is 26.0 Å². The predicted octanol–water partition coefficient (Wildman–Crippen LogP) is 2.43. The summed E-state index contributed by atoms with van der Waals surface area (Å²) in [5.74, 6) is 1.08. The van der Waals surface area contributed by atoms with Crippen LogP contribution >= 0.6 is 0 Å². The zero-order valence-electron chi connectivity index (χ0n) is 14.6. The molecule has 0 aromatic rings. The van der Waals surface area contributed by atoms with E-state index in [4.69, 9.17) is 19.3 Å². The van der Waals surface area contributed by atoms with Crippen molar-refractivity contribution in [2.75, 3.05) is 34.0 Å². The Morgan fingerprint density at radius 1 is 1.39 bits per heavy atom. The number of ether oxygens (including phenoxy) is 3. The zero-order valence-corrected chi connectivity index (χ0v) is 14.6. The van der Waals surface area contributed by atoms with E-state index in [9.17, 15) is 4.79 Å². The molecule has 6 nitrogen and oxygen atoms in total. The van der Waals surface area contributed by atoms with Crippen molar-refractivity contribution in [1.29, 1.82) is 0 Å². The highest BCUT2D eigenvalue weighted by Crippen LogP contribution is 2.31. The van der Waals surface area contributed by atoms with Crippen molar-refractivity contribution in [2.45, 2.75) is 51.5 Å². The number of rotatable bonds is 7. The maximum Gasteiger partial charge on any atom is 0.305 e. The number of hydrogen-bond acceptors (Lipinski definition) is 6. The second-order valence-corrected chi connectivity index (χ2v) is 6.40. The molecule has 2 heterocycles. The fraction of sp³-hybridized carbons (Fsp3) is 0.882. The molecule has 2 aliphatic heterocycles. The van der Waals surface area contributed by atoms with E-state index in [0.29, 0.717) is 25.7 Å². The Hall–Kier alpha value is -1.30. The lowest BCUT2D eigenvalue weighted by molar-refractivity contribution is -0.142. The van der Waals surface area contributed by atoms with E-state index in [1.165, 1.54) is 7.11 Å². The van der Waals surface area contributed by atoms with E-state index in [1.807, 2.05) is 0 Å². The van der Waals surface area contributed by atoms with E-state index in [0.717, 1.165) is 44.5 Å². The van der Waals surface area contributed by atoms with Crippen LogP contribution in [0.3, 0.4) is 0 Å². The molecular formula is C17H30N2O4. The Morgan fingerprint density at radius 2 is 2.22 bits per heavy atom. The fourth-order valence-electron chi connectivity index (χ4n) is 3.56. The molecule has 0 aromatic carbocycles. The van der Waals surface area contributed by atoms with Crippen molar-refractivity contribution < 1.29 is 19.0 Å². The summed E-state index contributed by atoms with van der Waals surface area (Å²) in [5.41, 5.74) is 0. The molecule has 0 aliphatic carbocycles. The molecule has 0 saturated carbocycles. The third kappa shape index (κ3) is 4.83. The third-order valence-electron chi connectivity index (χ3n) is 4.91. The van der Waals surface area contributed by atoms with Gasteiger partial charge in [0.2, 0.25) is 5.90 Å². The average molecular weight is 326 g/mol. The first kappa shape index (κ1) is 18.0. The van der Waals surface area contributed by atoms with Crippen molar-refractivity contribution in [1.82, 2.24) is 5.01 Å². The van der Waals surface area contributed by atoms with Crippen LogP contribution in [0.25, 0.3) is 0 Å². The van der Waals surface area contributed by atoms with Gasteiger partial charge in [-0.15, -0.1) is 5.10 Å². The highest BCUT2D eigenvalue weighted by Gasteiger charge is 2.33. The summed E-state index contributed by atoms with van der Waals surface area (Å²) in [6.07, 6.45) is 5.63. The molecule has 2 aliphatic rings. The minimum atomic E-state index is -0.153. The van der Waals surface area contributed by atoms with Crippen LogP contribution in [0.15, 0.2) is 5.10 Å². The highest BCUT2D eigenvalue weighted by molar-refractivity contribution is 5.80. The summed E-state index contributed by atoms with van der Waals surface area (Å²) >= 11 is 0. The van der Waals surface area contributed by atoms with Gasteiger partial charge in [-0.25, -0.2) is 0 Å². The highest BCUT2D eigenvalue weighted by atomic mass is 16.5. The van der Waals surface area contributed by atoms with Gasteiger partial charge in [0.15, 0.2) is 0 Å². The van der Waals surface area contributed by atoms with Crippen LogP contribution in [0, 0.1) is 11.8 Å². The van der Waals surface area contributed by atoms with Crippen LogP contribution in [-0.4, -0.2) is 56.9 Å². The van der Waals surface area contributed by atoms with Gasteiger partial charge >= 0.3 is 5.97 Å². The van der Waals surface area contributed by atoms with E-state index in [2.05, 4.69) is 11.9 Å². The summed E-state index contributed by atoms with van der Waals surface area (Å²) < 4.78 is 16.0. The van der Waals surface area contributed by atoms with E-state index in [-0.39, 0.29) is 17.8 Å². The third-order valence-corrected chi connectivity index (χ3v) is 4.91. The first-order valence-electron chi connectivity index (χ1n) is 8.73. The van der Waals surface area contributed by atoms with E-state index in [1.54, 1.807) is 7.11 Å². The van der Waals surface area contributed by atoms with Crippen molar-refractivity contribution in [3.63, 3.8) is 0 Å². The predicted molar refractivity (Wildman–Crippen MR) is 88.1 cm³/mol. The Balaban J connectivity index is 2.10. The lowest BCUT2D eigenvalue weighted by Gasteiger charge is -2.32. The molecule has 0 amide bonds. The number of esters is 1. The summed E-state index contributed by atoms with van der Waals surface area (Å²) in [6.45, 7) is 4.47. The zero-order chi connectivity index (χ0) is 16.7. The van der Waals surface area contributed by atoms with E-state index < -0.39 is 0 Å². The van der Waals surface area contributed by atoms with Gasteiger partial charge in [0.25, 0.3) is 0 Å². The maximum absolute atomic E-state index is 11.7. The topological polar surface area (TPSA) is 60.4 Å². The summed E-state index contributed by atoms with van der Waals surface area (Å²) in [4.78, 5) is 11.7. The van der Waals surface area contributed by atoms with Gasteiger partial charge < -0.3 is 14.2 Å². The maximum atomic E-state index is 11.7. The summed E-state index contributed by atoms with van der Waals surface area (Å²) in [6, 6.07) is 0.333. The van der Waals surface area contributed by atoms with Crippen LogP contribution in [0.5, 0.6) is 0 Å². The quantitative estimate of drug-likeness (QED) is 0.673. The van der Waals surface area contributed by atoms with Crippen LogP contribution in [0.1, 0.15) is 45.4 Å². The second-order valence-electron chi connectivity index (χ2n) is 6.40. The largest absolute Gasteiger partial charge is 0.480 e. The van der Waals surface area contributed by atoms with Gasteiger partial charge in [-0.05, 0) is 31.6 Å². The minimum Gasteiger partial charge on any atom is -0.480 e. The van der Waals surface area contributed by atoms with Crippen molar-refractivity contribution >= 4 is 11.9 Å². The molecule has 0 radical (unpaired) electrons. The molecule has 0 bridgehead atoms. The number of hydrazone groups is 1. The number of carbonyl (C=O) groups excluding carboxylic acids is 1. The lowest BCUT2D eigenvalue weighted by Crippen LogP contribution is -2.36. The molecule has 0 aromatic heterocycles. The first-order chi connectivity index (χ1) is 11.2. The van der Waals surface area contributed by atoms with Crippen LogP contribution < -0.4 is 0 Å². The Kier molecular flexibility index (Phi) is 7.15. The average Bonchev–Trinajstić information content (AvgIpc) is 3.00. The molecule has 2 fully saturated rings. The number of methoxy groups -OCH3 is 2. The standard InChI is InChI=1S/C17H30N2O4/c1-4-13(11-16(20)22-3)15-8-6-10-23-17(15)18-19-9-5-7-14(19)12-21-2/h13-15H,4-12H2,1-3H3/b18-17-/t13-,14-,15-/m0/s1. The fourth-order valence-corrected chi connectivity index (χ4v) is 3.56. The Morgan fingerprint density at radius 3 is 2.91 bits per heavy atom. The minimum absolute atomic E-state index is 0.153. The number of carbonyl (C=O) groups is 1. The van der Waals surface area contributed by atoms with Gasteiger partial charge in [-0.2, -0.15) is 0 Å². The van der Waals surface area contributed by atoms with Gasteiger partial charge in [0.05, 0.1) is 26.4 Å². The molecule has 23 heavy (non-hydrogen) atoms. The van der Waals surface area contributed by atoms with E-state index >= 15 is 0 Å². The molecule has 6 heteroatoms. The molecule has 2 saturated heterocycles. The molecule has 3 atom stereocenters. The molecule has 132 valence electrons. The van der Waals surface area contributed by atoms with Gasteiger partial charge in [-0.3, -0.25) is 9.80 Å². The molecular weight excluding hydrogens is 296 g/mol. The lowest BCUT2D eigenvalue weighted by atomic mass is 9.83. The molecule has 0 unspecified atom stereocenters. The Labute approximate surface area is 139 Å². The van der Waals surface area contributed by atoms with Crippen molar-refractivity contribution in [3.05, 3.63) is 0 Å². The van der Waals surface area contributed by atoms with Crippen LogP contribution in [0.2, 0.25) is 0 Å². The summed E-state index contributed by atoms with van der Waals surface area (Å²) in [7, 11) is 3.17. The number of hydrogen-bond donors (Lipinski definition) is 0. The Bertz CT molecular complexity index is 413. The van der Waals surface area contributed by atoms with Gasteiger partial charge in [-0.1, -0.05) is 13.3 Å². The SMILES string of the molecule is CC[C@@H](CC(=O)OC)[C@@H]1CCCO/C1=N\N1CCC[C@H]1COC. The molecule has 0 N–H and O–H groups in total. The molecule has 0 spiro atoms. The van der Waals surface area contributed by atoms with Crippen LogP contribution in [0.4, 0.5) is 0 Å². The summed E-state index contributed by atoms with van der Waals surface area (Å²) in [5, 5.41) is 6.93. The second kappa shape index (κ2) is 9.11. The monoisotopic (exact) mass is 326 g/mol.